The van der Waals surface area contributed by atoms with Crippen LogP contribution in [-0.2, 0) is 26.2 Å². The molecule has 1 aliphatic carbocycles. The summed E-state index contributed by atoms with van der Waals surface area (Å²) in [5.41, 5.74) is 2.18. The highest BCUT2D eigenvalue weighted by Crippen LogP contribution is 2.32. The van der Waals surface area contributed by atoms with Crippen LogP contribution in [0.1, 0.15) is 50.2 Å². The Morgan fingerprint density at radius 3 is 2.21 bits per heavy atom. The van der Waals surface area contributed by atoms with Gasteiger partial charge in [-0.3, -0.25) is 13.9 Å². The summed E-state index contributed by atoms with van der Waals surface area (Å²) in [6.45, 7) is 3.36. The first-order valence-electron chi connectivity index (χ1n) is 12.9. The van der Waals surface area contributed by atoms with Crippen LogP contribution < -0.4 is 19.1 Å². The summed E-state index contributed by atoms with van der Waals surface area (Å²) in [4.78, 5) is 28.4. The van der Waals surface area contributed by atoms with Gasteiger partial charge in [-0.25, -0.2) is 8.42 Å². The zero-order valence-electron chi connectivity index (χ0n) is 22.9. The smallest absolute Gasteiger partial charge is 0.244 e. The fraction of sp³-hybridized carbons (Fsp3) is 0.500. The third-order valence-electron chi connectivity index (χ3n) is 6.93. The molecule has 208 valence electrons. The molecule has 2 aromatic carbocycles. The topological polar surface area (TPSA) is 105 Å². The van der Waals surface area contributed by atoms with Gasteiger partial charge in [0.05, 0.1) is 26.2 Å². The molecular weight excluding hydrogens is 506 g/mol. The van der Waals surface area contributed by atoms with Crippen molar-refractivity contribution in [2.75, 3.05) is 31.3 Å². The molecule has 0 saturated heterocycles. The Morgan fingerprint density at radius 1 is 1.00 bits per heavy atom. The number of carbonyl (C=O) groups excluding carboxylic acids is 2. The maximum absolute atomic E-state index is 13.7. The molecular formula is C28H39N3O6S. The van der Waals surface area contributed by atoms with E-state index in [0.717, 1.165) is 53.8 Å². The summed E-state index contributed by atoms with van der Waals surface area (Å²) in [6.07, 6.45) is 6.19. The standard InChI is InChI=1S/C28H39N3O6S/c1-20-11-13-22(14-12-20)18-30(21(2)28(33)29-23-9-7-6-8-10-23)27(32)19-31(38(5,34)35)24-15-16-25(36-3)26(17-24)37-4/h11-17,21,23H,6-10,18-19H2,1-5H3,(H,29,33)/t21-/m0/s1. The molecule has 0 radical (unpaired) electrons. The number of nitrogens with one attached hydrogen (secondary N) is 1. The van der Waals surface area contributed by atoms with E-state index < -0.39 is 28.5 Å². The van der Waals surface area contributed by atoms with Gasteiger partial charge in [0.25, 0.3) is 0 Å². The second-order valence-electron chi connectivity index (χ2n) is 9.84. The molecule has 1 N–H and O–H groups in total. The van der Waals surface area contributed by atoms with Gasteiger partial charge in [-0.2, -0.15) is 0 Å². The number of anilines is 1. The van der Waals surface area contributed by atoms with Crippen molar-refractivity contribution < 1.29 is 27.5 Å². The van der Waals surface area contributed by atoms with Crippen LogP contribution in [0.15, 0.2) is 42.5 Å². The average molecular weight is 546 g/mol. The van der Waals surface area contributed by atoms with Crippen LogP contribution in [0.2, 0.25) is 0 Å². The lowest BCUT2D eigenvalue weighted by Gasteiger charge is -2.33. The highest BCUT2D eigenvalue weighted by atomic mass is 32.2. The Morgan fingerprint density at radius 2 is 1.63 bits per heavy atom. The van der Waals surface area contributed by atoms with E-state index in [1.807, 2.05) is 31.2 Å². The molecule has 1 saturated carbocycles. The van der Waals surface area contributed by atoms with Crippen molar-refractivity contribution in [3.8, 4) is 11.5 Å². The van der Waals surface area contributed by atoms with Crippen molar-refractivity contribution in [2.45, 2.75) is 64.6 Å². The van der Waals surface area contributed by atoms with Crippen LogP contribution in [0.4, 0.5) is 5.69 Å². The fourth-order valence-electron chi connectivity index (χ4n) is 4.64. The van der Waals surface area contributed by atoms with E-state index in [1.54, 1.807) is 19.1 Å². The zero-order valence-corrected chi connectivity index (χ0v) is 23.7. The molecule has 38 heavy (non-hydrogen) atoms. The summed E-state index contributed by atoms with van der Waals surface area (Å²) in [5.74, 6) is 0.0410. The van der Waals surface area contributed by atoms with E-state index in [2.05, 4.69) is 5.32 Å². The number of benzene rings is 2. The fourth-order valence-corrected chi connectivity index (χ4v) is 5.48. The van der Waals surface area contributed by atoms with E-state index in [-0.39, 0.29) is 24.2 Å². The molecule has 0 spiro atoms. The first-order chi connectivity index (χ1) is 18.0. The summed E-state index contributed by atoms with van der Waals surface area (Å²) >= 11 is 0. The second kappa shape index (κ2) is 13.0. The quantitative estimate of drug-likeness (QED) is 0.462. The van der Waals surface area contributed by atoms with Crippen LogP contribution in [0.25, 0.3) is 0 Å². The number of hydrogen-bond acceptors (Lipinski definition) is 6. The van der Waals surface area contributed by atoms with Crippen molar-refractivity contribution in [3.63, 3.8) is 0 Å². The number of ether oxygens (including phenoxy) is 2. The molecule has 1 fully saturated rings. The largest absolute Gasteiger partial charge is 0.493 e. The van der Waals surface area contributed by atoms with Gasteiger partial charge in [-0.15, -0.1) is 0 Å². The van der Waals surface area contributed by atoms with Crippen molar-refractivity contribution in [2.24, 2.45) is 0 Å². The Hall–Kier alpha value is -3.27. The van der Waals surface area contributed by atoms with Crippen molar-refractivity contribution in [3.05, 3.63) is 53.6 Å². The summed E-state index contributed by atoms with van der Waals surface area (Å²) < 4.78 is 37.2. The van der Waals surface area contributed by atoms with Gasteiger partial charge in [-0.1, -0.05) is 49.1 Å². The van der Waals surface area contributed by atoms with Crippen LogP contribution in [-0.4, -0.2) is 64.2 Å². The summed E-state index contributed by atoms with van der Waals surface area (Å²) in [6, 6.07) is 11.6. The van der Waals surface area contributed by atoms with Gasteiger partial charge < -0.3 is 19.7 Å². The Balaban J connectivity index is 1.90. The molecule has 10 heteroatoms. The molecule has 1 atom stereocenters. The van der Waals surface area contributed by atoms with E-state index in [1.165, 1.54) is 25.2 Å². The van der Waals surface area contributed by atoms with Gasteiger partial charge in [-0.05, 0) is 44.4 Å². The third-order valence-corrected chi connectivity index (χ3v) is 8.07. The zero-order chi connectivity index (χ0) is 27.9. The lowest BCUT2D eigenvalue weighted by molar-refractivity contribution is -0.139. The van der Waals surface area contributed by atoms with Crippen molar-refractivity contribution in [1.82, 2.24) is 10.2 Å². The molecule has 3 rings (SSSR count). The molecule has 0 aromatic heterocycles. The van der Waals surface area contributed by atoms with Crippen LogP contribution in [0.5, 0.6) is 11.5 Å². The number of carbonyl (C=O) groups is 2. The predicted octanol–water partition coefficient (Wildman–Crippen LogP) is 3.64. The van der Waals surface area contributed by atoms with E-state index in [4.69, 9.17) is 9.47 Å². The minimum Gasteiger partial charge on any atom is -0.493 e. The Labute approximate surface area is 226 Å². The average Bonchev–Trinajstić information content (AvgIpc) is 2.90. The Kier molecular flexibility index (Phi) is 10.0. The number of amides is 2. The van der Waals surface area contributed by atoms with E-state index in [0.29, 0.717) is 11.5 Å². The lowest BCUT2D eigenvalue weighted by Crippen LogP contribution is -2.52. The highest BCUT2D eigenvalue weighted by Gasteiger charge is 2.31. The minimum atomic E-state index is -3.85. The van der Waals surface area contributed by atoms with Crippen LogP contribution >= 0.6 is 0 Å². The monoisotopic (exact) mass is 545 g/mol. The highest BCUT2D eigenvalue weighted by molar-refractivity contribution is 7.92. The van der Waals surface area contributed by atoms with Gasteiger partial charge in [0.2, 0.25) is 21.8 Å². The van der Waals surface area contributed by atoms with Crippen molar-refractivity contribution in [1.29, 1.82) is 0 Å². The third kappa shape index (κ3) is 7.63. The molecule has 0 heterocycles. The van der Waals surface area contributed by atoms with Gasteiger partial charge >= 0.3 is 0 Å². The molecule has 0 unspecified atom stereocenters. The molecule has 2 amide bonds. The maximum atomic E-state index is 13.7. The minimum absolute atomic E-state index is 0.0920. The number of rotatable bonds is 11. The molecule has 1 aliphatic rings. The van der Waals surface area contributed by atoms with Gasteiger partial charge in [0.1, 0.15) is 12.6 Å². The van der Waals surface area contributed by atoms with Gasteiger partial charge in [0.15, 0.2) is 11.5 Å². The van der Waals surface area contributed by atoms with E-state index in [9.17, 15) is 18.0 Å². The molecule has 9 nitrogen and oxygen atoms in total. The van der Waals surface area contributed by atoms with Crippen LogP contribution in [0.3, 0.4) is 0 Å². The first-order valence-corrected chi connectivity index (χ1v) is 14.7. The predicted molar refractivity (Wildman–Crippen MR) is 148 cm³/mol. The number of aryl methyl sites for hydroxylation is 1. The molecule has 0 bridgehead atoms. The first kappa shape index (κ1) is 29.3. The SMILES string of the molecule is COc1ccc(N(CC(=O)N(Cc2ccc(C)cc2)[C@@H](C)C(=O)NC2CCCCC2)S(C)(=O)=O)cc1OC. The number of hydrogen-bond donors (Lipinski definition) is 1. The number of sulfonamides is 1. The lowest BCUT2D eigenvalue weighted by atomic mass is 9.95. The Bertz CT molecular complexity index is 1210. The number of methoxy groups -OCH3 is 2. The normalized spacial score (nSPS) is 14.9. The summed E-state index contributed by atoms with van der Waals surface area (Å²) in [7, 11) is -0.913. The van der Waals surface area contributed by atoms with Gasteiger partial charge in [0, 0.05) is 18.7 Å². The molecule has 0 aliphatic heterocycles. The molecule has 2 aromatic rings. The van der Waals surface area contributed by atoms with Crippen molar-refractivity contribution >= 4 is 27.5 Å². The maximum Gasteiger partial charge on any atom is 0.244 e. The summed E-state index contributed by atoms with van der Waals surface area (Å²) in [5, 5.41) is 3.10. The van der Waals surface area contributed by atoms with Crippen LogP contribution in [0, 0.1) is 6.92 Å². The van der Waals surface area contributed by atoms with E-state index >= 15 is 0 Å². The second-order valence-corrected chi connectivity index (χ2v) is 11.7. The number of nitrogens with zero attached hydrogens (tertiary/aromatic N) is 2.